The summed E-state index contributed by atoms with van der Waals surface area (Å²) in [5, 5.41) is 0. The van der Waals surface area contributed by atoms with Crippen LogP contribution in [-0.2, 0) is 4.79 Å². The molecule has 0 unspecified atom stereocenters. The first kappa shape index (κ1) is 8.71. The Kier molecular flexibility index (Phi) is 2.80. The Morgan fingerprint density at radius 3 is 2.58 bits per heavy atom. The van der Waals surface area contributed by atoms with E-state index in [2.05, 4.69) is 4.98 Å². The molecule has 1 heterocycles. The van der Waals surface area contributed by atoms with Gasteiger partial charge in [-0.2, -0.15) is 0 Å². The first-order valence-corrected chi connectivity index (χ1v) is 3.92. The monoisotopic (exact) mass is 164 g/mol. The molecule has 0 radical (unpaired) electrons. The molecule has 1 rings (SSSR count). The quantitative estimate of drug-likeness (QED) is 0.663. The summed E-state index contributed by atoms with van der Waals surface area (Å²) in [4.78, 5) is 16.7. The van der Waals surface area contributed by atoms with E-state index in [-0.39, 0.29) is 5.91 Å². The summed E-state index contributed by atoms with van der Waals surface area (Å²) in [6.45, 7) is 1.85. The average molecular weight is 164 g/mol. The van der Waals surface area contributed by atoms with Gasteiger partial charge >= 0.3 is 0 Å². The molecule has 0 aliphatic rings. The van der Waals surface area contributed by atoms with Crippen molar-refractivity contribution in [3.63, 3.8) is 0 Å². The van der Waals surface area contributed by atoms with Gasteiger partial charge in [0, 0.05) is 31.5 Å². The molecule has 0 saturated carbocycles. The topological polar surface area (TPSA) is 33.2 Å². The van der Waals surface area contributed by atoms with Gasteiger partial charge in [0.25, 0.3) is 0 Å². The maximum Gasteiger partial charge on any atom is 0.226 e. The van der Waals surface area contributed by atoms with E-state index < -0.39 is 0 Å². The molecule has 3 nitrogen and oxygen atoms in total. The largest absolute Gasteiger partial charge is 0.315 e. The second-order valence-corrected chi connectivity index (χ2v) is 2.51. The number of hydrogen-bond acceptors (Lipinski definition) is 2. The number of aromatic nitrogens is 1. The van der Waals surface area contributed by atoms with Crippen molar-refractivity contribution in [2.24, 2.45) is 0 Å². The van der Waals surface area contributed by atoms with Crippen molar-refractivity contribution in [2.75, 3.05) is 11.9 Å². The summed E-state index contributed by atoms with van der Waals surface area (Å²) in [5.41, 5.74) is 0.886. The Balaban J connectivity index is 2.78. The van der Waals surface area contributed by atoms with E-state index in [1.54, 1.807) is 24.3 Å². The van der Waals surface area contributed by atoms with Crippen LogP contribution in [-0.4, -0.2) is 17.9 Å². The summed E-state index contributed by atoms with van der Waals surface area (Å²) in [6.07, 6.45) is 3.88. The van der Waals surface area contributed by atoms with Crippen LogP contribution in [0.5, 0.6) is 0 Å². The van der Waals surface area contributed by atoms with Crippen LogP contribution in [0.15, 0.2) is 24.5 Å². The fraction of sp³-hybridized carbons (Fsp3) is 0.333. The van der Waals surface area contributed by atoms with Gasteiger partial charge in [-0.05, 0) is 12.1 Å². The van der Waals surface area contributed by atoms with Gasteiger partial charge in [-0.3, -0.25) is 9.78 Å². The summed E-state index contributed by atoms with van der Waals surface area (Å²) in [6, 6.07) is 3.63. The van der Waals surface area contributed by atoms with Crippen molar-refractivity contribution in [3.8, 4) is 0 Å². The highest BCUT2D eigenvalue weighted by molar-refractivity contribution is 5.92. The summed E-state index contributed by atoms with van der Waals surface area (Å²) < 4.78 is 0. The number of hydrogen-bond donors (Lipinski definition) is 0. The van der Waals surface area contributed by atoms with Gasteiger partial charge in [-0.25, -0.2) is 0 Å². The maximum atomic E-state index is 11.2. The van der Waals surface area contributed by atoms with Crippen LogP contribution in [0.2, 0.25) is 0 Å². The standard InChI is InChI=1S/C9H12N2O/c1-3-9(12)11(2)8-4-6-10-7-5-8/h4-7H,3H2,1-2H3. The second-order valence-electron chi connectivity index (χ2n) is 2.51. The zero-order valence-electron chi connectivity index (χ0n) is 7.32. The number of carbonyl (C=O) groups excluding carboxylic acids is 1. The SMILES string of the molecule is CCC(=O)N(C)c1ccncc1. The molecule has 0 aromatic carbocycles. The van der Waals surface area contributed by atoms with Crippen LogP contribution in [0.4, 0.5) is 5.69 Å². The molecule has 1 aromatic rings. The zero-order chi connectivity index (χ0) is 8.97. The van der Waals surface area contributed by atoms with E-state index in [0.717, 1.165) is 5.69 Å². The molecule has 64 valence electrons. The Bertz CT molecular complexity index is 258. The van der Waals surface area contributed by atoms with E-state index in [1.165, 1.54) is 0 Å². The van der Waals surface area contributed by atoms with Gasteiger partial charge in [0.05, 0.1) is 0 Å². The summed E-state index contributed by atoms with van der Waals surface area (Å²) in [7, 11) is 1.77. The van der Waals surface area contributed by atoms with Crippen LogP contribution >= 0.6 is 0 Å². The third-order valence-electron chi connectivity index (χ3n) is 1.73. The van der Waals surface area contributed by atoms with Gasteiger partial charge < -0.3 is 4.90 Å². The molecule has 0 spiro atoms. The van der Waals surface area contributed by atoms with Crippen molar-refractivity contribution in [1.82, 2.24) is 4.98 Å². The molecule has 1 aromatic heterocycles. The molecule has 0 N–H and O–H groups in total. The number of anilines is 1. The van der Waals surface area contributed by atoms with E-state index >= 15 is 0 Å². The van der Waals surface area contributed by atoms with Crippen molar-refractivity contribution >= 4 is 11.6 Å². The molecular weight excluding hydrogens is 152 g/mol. The molecule has 0 aliphatic carbocycles. The molecule has 0 atom stereocenters. The predicted octanol–water partition coefficient (Wildman–Crippen LogP) is 1.45. The van der Waals surface area contributed by atoms with Gasteiger partial charge in [0.15, 0.2) is 0 Å². The van der Waals surface area contributed by atoms with Crippen LogP contribution in [0.25, 0.3) is 0 Å². The fourth-order valence-electron chi connectivity index (χ4n) is 0.949. The molecule has 12 heavy (non-hydrogen) atoms. The smallest absolute Gasteiger partial charge is 0.226 e. The Labute approximate surface area is 72.0 Å². The minimum atomic E-state index is 0.112. The maximum absolute atomic E-state index is 11.2. The highest BCUT2D eigenvalue weighted by Crippen LogP contribution is 2.10. The molecule has 0 saturated heterocycles. The Morgan fingerprint density at radius 2 is 2.08 bits per heavy atom. The summed E-state index contributed by atoms with van der Waals surface area (Å²) in [5.74, 6) is 0.112. The highest BCUT2D eigenvalue weighted by atomic mass is 16.2. The van der Waals surface area contributed by atoms with Crippen LogP contribution in [0, 0.1) is 0 Å². The van der Waals surface area contributed by atoms with E-state index in [4.69, 9.17) is 0 Å². The number of pyridine rings is 1. The fourth-order valence-corrected chi connectivity index (χ4v) is 0.949. The number of amides is 1. The van der Waals surface area contributed by atoms with Crippen molar-refractivity contribution in [1.29, 1.82) is 0 Å². The van der Waals surface area contributed by atoms with E-state index in [0.29, 0.717) is 6.42 Å². The van der Waals surface area contributed by atoms with Crippen LogP contribution in [0.1, 0.15) is 13.3 Å². The highest BCUT2D eigenvalue weighted by Gasteiger charge is 2.06. The van der Waals surface area contributed by atoms with Crippen LogP contribution in [0.3, 0.4) is 0 Å². The molecule has 1 amide bonds. The third kappa shape index (κ3) is 1.81. The molecule has 0 aliphatic heterocycles. The van der Waals surface area contributed by atoms with E-state index in [1.807, 2.05) is 19.1 Å². The molecule has 0 fully saturated rings. The Hall–Kier alpha value is -1.38. The van der Waals surface area contributed by atoms with E-state index in [9.17, 15) is 4.79 Å². The van der Waals surface area contributed by atoms with Gasteiger partial charge in [-0.1, -0.05) is 6.92 Å². The minimum Gasteiger partial charge on any atom is -0.315 e. The lowest BCUT2D eigenvalue weighted by Gasteiger charge is -2.15. The van der Waals surface area contributed by atoms with Crippen molar-refractivity contribution < 1.29 is 4.79 Å². The normalized spacial score (nSPS) is 9.50. The first-order chi connectivity index (χ1) is 5.75. The third-order valence-corrected chi connectivity index (χ3v) is 1.73. The molecule has 3 heteroatoms. The van der Waals surface area contributed by atoms with Gasteiger partial charge in [0.2, 0.25) is 5.91 Å². The lowest BCUT2D eigenvalue weighted by atomic mass is 10.3. The summed E-state index contributed by atoms with van der Waals surface area (Å²) >= 11 is 0. The van der Waals surface area contributed by atoms with Crippen LogP contribution < -0.4 is 4.90 Å². The lowest BCUT2D eigenvalue weighted by Crippen LogP contribution is -2.24. The first-order valence-electron chi connectivity index (χ1n) is 3.92. The zero-order valence-corrected chi connectivity index (χ0v) is 7.32. The van der Waals surface area contributed by atoms with Gasteiger partial charge in [-0.15, -0.1) is 0 Å². The number of nitrogens with zero attached hydrogens (tertiary/aromatic N) is 2. The lowest BCUT2D eigenvalue weighted by molar-refractivity contribution is -0.118. The Morgan fingerprint density at radius 1 is 1.50 bits per heavy atom. The van der Waals surface area contributed by atoms with Gasteiger partial charge in [0.1, 0.15) is 0 Å². The molecule has 0 bridgehead atoms. The van der Waals surface area contributed by atoms with Crippen molar-refractivity contribution in [3.05, 3.63) is 24.5 Å². The minimum absolute atomic E-state index is 0.112. The number of rotatable bonds is 2. The molecular formula is C9H12N2O. The second kappa shape index (κ2) is 3.85. The predicted molar refractivity (Wildman–Crippen MR) is 47.9 cm³/mol. The average Bonchev–Trinajstić information content (AvgIpc) is 2.17. The number of carbonyl (C=O) groups is 1. The van der Waals surface area contributed by atoms with Crippen molar-refractivity contribution in [2.45, 2.75) is 13.3 Å².